The first-order valence-corrected chi connectivity index (χ1v) is 9.58. The normalized spacial score (nSPS) is 30.4. The van der Waals surface area contributed by atoms with Crippen molar-refractivity contribution in [2.45, 2.75) is 36.7 Å². The molecule has 11 heteroatoms. The lowest BCUT2D eigenvalue weighted by molar-refractivity contribution is -0.140. The fourth-order valence-electron chi connectivity index (χ4n) is 3.73. The zero-order chi connectivity index (χ0) is 21.5. The first-order chi connectivity index (χ1) is 14.2. The molecule has 1 unspecified atom stereocenters. The summed E-state index contributed by atoms with van der Waals surface area (Å²) < 4.78 is 66.5. The van der Waals surface area contributed by atoms with Gasteiger partial charge in [0.15, 0.2) is 0 Å². The average Bonchev–Trinajstić information content (AvgIpc) is 2.61. The Labute approximate surface area is 170 Å². The van der Waals surface area contributed by atoms with Crippen molar-refractivity contribution in [1.29, 1.82) is 0 Å². The molecule has 0 bridgehead atoms. The Morgan fingerprint density at radius 1 is 1.30 bits per heavy atom. The quantitative estimate of drug-likeness (QED) is 0.627. The molecule has 0 aromatic heterocycles. The number of benzene rings is 1. The molecule has 0 aliphatic carbocycles. The van der Waals surface area contributed by atoms with Crippen molar-refractivity contribution in [1.82, 2.24) is 10.2 Å². The number of nitrogens with two attached hydrogens (primary N) is 2. The number of aliphatic imine (C=N–C) groups is 1. The molecule has 5 N–H and O–H groups in total. The molecule has 3 aliphatic heterocycles. The van der Waals surface area contributed by atoms with Crippen LogP contribution in [0, 0.1) is 0 Å². The van der Waals surface area contributed by atoms with Crippen LogP contribution in [-0.4, -0.2) is 55.4 Å². The summed E-state index contributed by atoms with van der Waals surface area (Å²) >= 11 is 0. The van der Waals surface area contributed by atoms with Gasteiger partial charge in [-0.15, -0.1) is 0 Å². The van der Waals surface area contributed by atoms with E-state index in [9.17, 15) is 17.6 Å². The zero-order valence-electron chi connectivity index (χ0n) is 16.0. The molecule has 1 aromatic carbocycles. The molecule has 30 heavy (non-hydrogen) atoms. The van der Waals surface area contributed by atoms with Crippen LogP contribution >= 0.6 is 0 Å². The topological polar surface area (TPSA) is 98.1 Å². The van der Waals surface area contributed by atoms with Crippen molar-refractivity contribution in [2.75, 3.05) is 26.3 Å². The van der Waals surface area contributed by atoms with Crippen LogP contribution in [0.4, 0.5) is 17.6 Å². The Morgan fingerprint density at radius 2 is 2.07 bits per heavy atom. The van der Waals surface area contributed by atoms with Crippen LogP contribution in [0.5, 0.6) is 5.75 Å². The number of rotatable bonds is 4. The molecule has 0 amide bonds. The van der Waals surface area contributed by atoms with Gasteiger partial charge in [-0.05, 0) is 30.7 Å². The number of hydrogen-bond donors (Lipinski definition) is 3. The number of amidine groups is 1. The molecular formula is C19H23F4N5O2. The highest BCUT2D eigenvalue weighted by Gasteiger charge is 2.40. The predicted molar refractivity (Wildman–Crippen MR) is 101 cm³/mol. The van der Waals surface area contributed by atoms with Gasteiger partial charge in [0, 0.05) is 24.9 Å². The van der Waals surface area contributed by atoms with Crippen molar-refractivity contribution in [3.05, 3.63) is 41.6 Å². The first kappa shape index (κ1) is 20.9. The Kier molecular flexibility index (Phi) is 5.37. The molecule has 0 radical (unpaired) electrons. The average molecular weight is 429 g/mol. The summed E-state index contributed by atoms with van der Waals surface area (Å²) in [5, 5.41) is 2.70. The van der Waals surface area contributed by atoms with Crippen molar-refractivity contribution in [3.63, 3.8) is 0 Å². The van der Waals surface area contributed by atoms with Gasteiger partial charge in [-0.3, -0.25) is 10.6 Å². The second-order valence-corrected chi connectivity index (χ2v) is 7.64. The monoisotopic (exact) mass is 429 g/mol. The van der Waals surface area contributed by atoms with E-state index in [2.05, 4.69) is 10.3 Å². The van der Waals surface area contributed by atoms with Gasteiger partial charge >= 0.3 is 6.18 Å². The summed E-state index contributed by atoms with van der Waals surface area (Å²) in [4.78, 5) is 5.94. The van der Waals surface area contributed by atoms with Crippen LogP contribution in [0.1, 0.15) is 17.5 Å². The first-order valence-electron chi connectivity index (χ1n) is 9.58. The van der Waals surface area contributed by atoms with E-state index in [0.717, 1.165) is 12.1 Å². The van der Waals surface area contributed by atoms with Gasteiger partial charge in [0.05, 0.1) is 24.8 Å². The highest BCUT2D eigenvalue weighted by Crippen LogP contribution is 2.39. The molecule has 1 aromatic rings. The van der Waals surface area contributed by atoms with Gasteiger partial charge in [0.1, 0.15) is 23.9 Å². The third kappa shape index (κ3) is 4.09. The molecule has 2 fully saturated rings. The van der Waals surface area contributed by atoms with Crippen molar-refractivity contribution < 1.29 is 27.0 Å². The summed E-state index contributed by atoms with van der Waals surface area (Å²) in [5.41, 5.74) is 10.7. The van der Waals surface area contributed by atoms with Gasteiger partial charge in [-0.1, -0.05) is 0 Å². The number of ether oxygens (including phenoxy) is 2. The van der Waals surface area contributed by atoms with Crippen LogP contribution in [0.15, 0.2) is 35.5 Å². The third-order valence-corrected chi connectivity index (χ3v) is 5.52. The van der Waals surface area contributed by atoms with E-state index in [1.165, 1.54) is 18.3 Å². The molecule has 2 saturated heterocycles. The van der Waals surface area contributed by atoms with Crippen molar-refractivity contribution in [2.24, 2.45) is 16.5 Å². The van der Waals surface area contributed by atoms with E-state index in [4.69, 9.17) is 20.9 Å². The summed E-state index contributed by atoms with van der Waals surface area (Å²) in [6.07, 6.45) is -3.96. The van der Waals surface area contributed by atoms with E-state index in [1.54, 1.807) is 0 Å². The minimum Gasteiger partial charge on any atom is -0.487 e. The van der Waals surface area contributed by atoms with E-state index < -0.39 is 35.6 Å². The molecule has 3 aliphatic rings. The summed E-state index contributed by atoms with van der Waals surface area (Å²) in [5.74, 6) is -2.00. The van der Waals surface area contributed by atoms with E-state index in [1.807, 2.05) is 4.90 Å². The molecule has 0 spiro atoms. The molecule has 164 valence electrons. The molecule has 3 atom stereocenters. The molecule has 0 saturated carbocycles. The van der Waals surface area contributed by atoms with Gasteiger partial charge < -0.3 is 20.5 Å². The molecular weight excluding hydrogens is 406 g/mol. The number of nitrogens with zero attached hydrogens (tertiary/aromatic N) is 2. The third-order valence-electron chi connectivity index (χ3n) is 5.52. The number of piperidine rings is 1. The largest absolute Gasteiger partial charge is 0.487 e. The van der Waals surface area contributed by atoms with Crippen LogP contribution in [-0.2, 0) is 16.7 Å². The van der Waals surface area contributed by atoms with Crippen LogP contribution in [0.3, 0.4) is 0 Å². The van der Waals surface area contributed by atoms with Crippen LogP contribution in [0.25, 0.3) is 0 Å². The Morgan fingerprint density at radius 3 is 2.67 bits per heavy atom. The van der Waals surface area contributed by atoms with Gasteiger partial charge in [-0.25, -0.2) is 9.38 Å². The minimum absolute atomic E-state index is 0.0473. The lowest BCUT2D eigenvalue weighted by Gasteiger charge is -2.42. The van der Waals surface area contributed by atoms with Crippen LogP contribution < -0.4 is 21.5 Å². The second-order valence-electron chi connectivity index (χ2n) is 7.64. The van der Waals surface area contributed by atoms with Crippen molar-refractivity contribution >= 4 is 5.84 Å². The Balaban J connectivity index is 1.55. The van der Waals surface area contributed by atoms with Crippen molar-refractivity contribution in [3.8, 4) is 5.75 Å². The lowest BCUT2D eigenvalue weighted by Crippen LogP contribution is -2.56. The zero-order valence-corrected chi connectivity index (χ0v) is 16.0. The maximum Gasteiger partial charge on any atom is 0.419 e. The maximum absolute atomic E-state index is 14.6. The van der Waals surface area contributed by atoms with Gasteiger partial charge in [0.25, 0.3) is 0 Å². The standard InChI is InChI=1S/C19H23F4N5O2/c20-14-8-28(12-9-29-10-12)6-4-16(14)30-15-2-1-11(7-13(15)18(21,22)23)19(25)26-5-3-17(24)27-19/h1-3,5,7,12,14,16,26H,4,6,8-10,25H2,(H2,24,27)/t14-,16-,19?/m1/s1. The fraction of sp³-hybridized carbons (Fsp3) is 0.526. The highest BCUT2D eigenvalue weighted by molar-refractivity contribution is 5.92. The molecule has 3 heterocycles. The number of hydrogen-bond acceptors (Lipinski definition) is 7. The SMILES string of the molecule is NC1=NC(N)(c2ccc(O[C@@H]3CCN(C4COC4)C[C@H]3F)c(C(F)(F)F)c2)NC=C1. The molecule has 4 rings (SSSR count). The van der Waals surface area contributed by atoms with E-state index in [-0.39, 0.29) is 30.4 Å². The highest BCUT2D eigenvalue weighted by atomic mass is 19.4. The summed E-state index contributed by atoms with van der Waals surface area (Å²) in [6, 6.07) is 3.53. The maximum atomic E-state index is 14.6. The van der Waals surface area contributed by atoms with E-state index in [0.29, 0.717) is 19.8 Å². The minimum atomic E-state index is -4.72. The number of alkyl halides is 4. The summed E-state index contributed by atoms with van der Waals surface area (Å²) in [6.45, 7) is 1.74. The van der Waals surface area contributed by atoms with Crippen LogP contribution in [0.2, 0.25) is 0 Å². The number of likely N-dealkylation sites (tertiary alicyclic amines) is 1. The van der Waals surface area contributed by atoms with E-state index >= 15 is 0 Å². The smallest absolute Gasteiger partial charge is 0.419 e. The summed E-state index contributed by atoms with van der Waals surface area (Å²) in [7, 11) is 0. The molecule has 7 nitrogen and oxygen atoms in total. The Bertz CT molecular complexity index is 858. The lowest BCUT2D eigenvalue weighted by atomic mass is 10.0. The fourth-order valence-corrected chi connectivity index (χ4v) is 3.73. The number of halogens is 4. The predicted octanol–water partition coefficient (Wildman–Crippen LogP) is 1.44. The second kappa shape index (κ2) is 7.71. The Hall–Kier alpha value is -2.37. The van der Waals surface area contributed by atoms with Gasteiger partial charge in [-0.2, -0.15) is 13.2 Å². The number of nitrogens with one attached hydrogen (secondary N) is 1. The van der Waals surface area contributed by atoms with Gasteiger partial charge in [0.2, 0.25) is 5.79 Å².